The Bertz CT molecular complexity index is 374. The van der Waals surface area contributed by atoms with Crippen LogP contribution in [0, 0.1) is 0 Å². The highest BCUT2D eigenvalue weighted by Gasteiger charge is 2.03. The number of rotatable bonds is 9. The van der Waals surface area contributed by atoms with Gasteiger partial charge in [0.2, 0.25) is 0 Å². The van der Waals surface area contributed by atoms with Gasteiger partial charge in [-0.1, -0.05) is 26.0 Å². The van der Waals surface area contributed by atoms with Crippen molar-refractivity contribution in [3.05, 3.63) is 42.2 Å². The van der Waals surface area contributed by atoms with E-state index in [-0.39, 0.29) is 0 Å². The third-order valence-electron chi connectivity index (χ3n) is 2.94. The van der Waals surface area contributed by atoms with Gasteiger partial charge in [-0.15, -0.1) is 6.58 Å². The first-order valence-electron chi connectivity index (χ1n) is 7.09. The van der Waals surface area contributed by atoms with Crippen LogP contribution in [0.15, 0.2) is 30.9 Å². The van der Waals surface area contributed by atoms with Crippen molar-refractivity contribution in [1.82, 2.24) is 15.2 Å². The summed E-state index contributed by atoms with van der Waals surface area (Å²) in [4.78, 5) is 7.00. The van der Waals surface area contributed by atoms with Gasteiger partial charge in [0.15, 0.2) is 0 Å². The zero-order chi connectivity index (χ0) is 14.1. The van der Waals surface area contributed by atoms with Crippen LogP contribution in [0.5, 0.6) is 0 Å². The molecule has 106 valence electrons. The van der Waals surface area contributed by atoms with Crippen molar-refractivity contribution in [3.63, 3.8) is 0 Å². The van der Waals surface area contributed by atoms with Crippen LogP contribution in [0.2, 0.25) is 0 Å². The lowest BCUT2D eigenvalue weighted by Crippen LogP contribution is -2.23. The maximum absolute atomic E-state index is 4.69. The van der Waals surface area contributed by atoms with Crippen LogP contribution in [-0.2, 0) is 13.1 Å². The van der Waals surface area contributed by atoms with Crippen LogP contribution in [-0.4, -0.2) is 29.5 Å². The fourth-order valence-electron chi connectivity index (χ4n) is 1.89. The van der Waals surface area contributed by atoms with E-state index in [1.807, 2.05) is 6.08 Å². The number of pyridine rings is 1. The molecular formula is C16H27N3. The molecule has 0 aromatic carbocycles. The molecule has 0 fully saturated rings. The second-order valence-corrected chi connectivity index (χ2v) is 5.32. The van der Waals surface area contributed by atoms with E-state index in [2.05, 4.69) is 60.9 Å². The van der Waals surface area contributed by atoms with E-state index in [1.165, 1.54) is 0 Å². The minimum atomic E-state index is 0.493. The first-order chi connectivity index (χ1) is 9.11. The number of hydrogen-bond donors (Lipinski definition) is 1. The molecule has 1 aromatic rings. The molecule has 0 unspecified atom stereocenters. The summed E-state index contributed by atoms with van der Waals surface area (Å²) in [7, 11) is 2.14. The zero-order valence-electron chi connectivity index (χ0n) is 12.5. The van der Waals surface area contributed by atoms with E-state index in [4.69, 9.17) is 0 Å². The summed E-state index contributed by atoms with van der Waals surface area (Å²) in [5.74, 6) is 0. The Morgan fingerprint density at radius 1 is 1.37 bits per heavy atom. The number of aromatic nitrogens is 1. The summed E-state index contributed by atoms with van der Waals surface area (Å²) in [5.41, 5.74) is 2.26. The van der Waals surface area contributed by atoms with Gasteiger partial charge < -0.3 is 10.2 Å². The summed E-state index contributed by atoms with van der Waals surface area (Å²) in [6.07, 6.45) is 4.22. The highest BCUT2D eigenvalue weighted by atomic mass is 15.1. The molecule has 3 heteroatoms. The highest BCUT2D eigenvalue weighted by Crippen LogP contribution is 2.04. The topological polar surface area (TPSA) is 28.2 Å². The van der Waals surface area contributed by atoms with Crippen LogP contribution < -0.4 is 5.32 Å². The standard InChI is InChI=1S/C16H27N3/c1-5-6-7-11-19(4)13-16-10-8-9-15(18-16)12-17-14(2)3/h5,8-10,14,17H,1,6-7,11-13H2,2-4H3. The molecule has 1 aromatic heterocycles. The predicted molar refractivity (Wildman–Crippen MR) is 82.0 cm³/mol. The Labute approximate surface area is 117 Å². The lowest BCUT2D eigenvalue weighted by atomic mass is 10.2. The molecule has 0 saturated carbocycles. The van der Waals surface area contributed by atoms with E-state index in [0.29, 0.717) is 6.04 Å². The minimum Gasteiger partial charge on any atom is -0.309 e. The Morgan fingerprint density at radius 3 is 2.79 bits per heavy atom. The summed E-state index contributed by atoms with van der Waals surface area (Å²) in [6.45, 7) is 10.9. The SMILES string of the molecule is C=CCCCN(C)Cc1cccc(CNC(C)C)n1. The fourth-order valence-corrected chi connectivity index (χ4v) is 1.89. The van der Waals surface area contributed by atoms with E-state index in [9.17, 15) is 0 Å². The molecule has 0 bridgehead atoms. The number of allylic oxidation sites excluding steroid dienone is 1. The monoisotopic (exact) mass is 261 g/mol. The molecule has 0 aliphatic carbocycles. The zero-order valence-corrected chi connectivity index (χ0v) is 12.5. The molecule has 0 atom stereocenters. The smallest absolute Gasteiger partial charge is 0.0547 e. The molecule has 3 nitrogen and oxygen atoms in total. The summed E-state index contributed by atoms with van der Waals surface area (Å²) >= 11 is 0. The Morgan fingerprint density at radius 2 is 2.11 bits per heavy atom. The Kier molecular flexibility index (Phi) is 7.38. The van der Waals surface area contributed by atoms with Gasteiger partial charge in [-0.2, -0.15) is 0 Å². The Hall–Kier alpha value is -1.19. The van der Waals surface area contributed by atoms with Gasteiger partial charge in [0.05, 0.1) is 11.4 Å². The predicted octanol–water partition coefficient (Wildman–Crippen LogP) is 2.98. The number of hydrogen-bond acceptors (Lipinski definition) is 3. The lowest BCUT2D eigenvalue weighted by Gasteiger charge is -2.16. The molecule has 1 N–H and O–H groups in total. The van der Waals surface area contributed by atoms with Crippen molar-refractivity contribution in [3.8, 4) is 0 Å². The highest BCUT2D eigenvalue weighted by molar-refractivity contribution is 5.11. The molecular weight excluding hydrogens is 234 g/mol. The maximum atomic E-state index is 4.69. The van der Waals surface area contributed by atoms with Crippen molar-refractivity contribution in [2.75, 3.05) is 13.6 Å². The molecule has 19 heavy (non-hydrogen) atoms. The van der Waals surface area contributed by atoms with Crippen LogP contribution in [0.25, 0.3) is 0 Å². The fraction of sp³-hybridized carbons (Fsp3) is 0.562. The van der Waals surface area contributed by atoms with E-state index < -0.39 is 0 Å². The second-order valence-electron chi connectivity index (χ2n) is 5.32. The maximum Gasteiger partial charge on any atom is 0.0547 e. The van der Waals surface area contributed by atoms with Crippen molar-refractivity contribution in [1.29, 1.82) is 0 Å². The van der Waals surface area contributed by atoms with E-state index in [0.717, 1.165) is 43.9 Å². The minimum absolute atomic E-state index is 0.493. The average molecular weight is 261 g/mol. The van der Waals surface area contributed by atoms with Crippen LogP contribution in [0.4, 0.5) is 0 Å². The van der Waals surface area contributed by atoms with Gasteiger partial charge in [-0.05, 0) is 38.6 Å². The first kappa shape index (κ1) is 15.9. The van der Waals surface area contributed by atoms with Gasteiger partial charge in [0.1, 0.15) is 0 Å². The second kappa shape index (κ2) is 8.83. The molecule has 0 radical (unpaired) electrons. The van der Waals surface area contributed by atoms with E-state index in [1.54, 1.807) is 0 Å². The third-order valence-corrected chi connectivity index (χ3v) is 2.94. The van der Waals surface area contributed by atoms with Crippen LogP contribution in [0.3, 0.4) is 0 Å². The summed E-state index contributed by atoms with van der Waals surface area (Å²) in [6, 6.07) is 6.77. The van der Waals surface area contributed by atoms with Gasteiger partial charge in [-0.3, -0.25) is 4.98 Å². The number of nitrogens with one attached hydrogen (secondary N) is 1. The lowest BCUT2D eigenvalue weighted by molar-refractivity contribution is 0.319. The molecule has 1 heterocycles. The molecule has 0 saturated heterocycles. The van der Waals surface area contributed by atoms with E-state index >= 15 is 0 Å². The molecule has 0 aliphatic heterocycles. The third kappa shape index (κ3) is 7.09. The quantitative estimate of drug-likeness (QED) is 0.547. The van der Waals surface area contributed by atoms with Crippen molar-refractivity contribution < 1.29 is 0 Å². The summed E-state index contributed by atoms with van der Waals surface area (Å²) in [5, 5.41) is 3.40. The molecule has 0 aliphatic rings. The normalized spacial score (nSPS) is 11.2. The van der Waals surface area contributed by atoms with Gasteiger partial charge in [-0.25, -0.2) is 0 Å². The van der Waals surface area contributed by atoms with Crippen molar-refractivity contribution in [2.45, 2.75) is 45.8 Å². The van der Waals surface area contributed by atoms with Crippen molar-refractivity contribution >= 4 is 0 Å². The summed E-state index contributed by atoms with van der Waals surface area (Å²) < 4.78 is 0. The van der Waals surface area contributed by atoms with Gasteiger partial charge in [0, 0.05) is 19.1 Å². The van der Waals surface area contributed by atoms with Crippen molar-refractivity contribution in [2.24, 2.45) is 0 Å². The van der Waals surface area contributed by atoms with Gasteiger partial charge >= 0.3 is 0 Å². The van der Waals surface area contributed by atoms with Crippen LogP contribution >= 0.6 is 0 Å². The number of nitrogens with zero attached hydrogens (tertiary/aromatic N) is 2. The first-order valence-corrected chi connectivity index (χ1v) is 7.09. The average Bonchev–Trinajstić information content (AvgIpc) is 2.37. The number of unbranched alkanes of at least 4 members (excludes halogenated alkanes) is 1. The molecule has 1 rings (SSSR count). The Balaban J connectivity index is 2.44. The van der Waals surface area contributed by atoms with Crippen LogP contribution in [0.1, 0.15) is 38.1 Å². The molecule has 0 spiro atoms. The van der Waals surface area contributed by atoms with Gasteiger partial charge in [0.25, 0.3) is 0 Å². The molecule has 0 amide bonds. The largest absolute Gasteiger partial charge is 0.309 e.